The molecule has 0 saturated carbocycles. The maximum Gasteiger partial charge on any atom is 0.256 e. The van der Waals surface area contributed by atoms with Gasteiger partial charge >= 0.3 is 0 Å². The van der Waals surface area contributed by atoms with E-state index in [1.54, 1.807) is 11.8 Å². The first-order chi connectivity index (χ1) is 38.7. The molecule has 6 nitrogen and oxygen atoms in total. The van der Waals surface area contributed by atoms with Crippen molar-refractivity contribution in [1.29, 1.82) is 0 Å². The molecule has 0 unspecified atom stereocenters. The Balaban J connectivity index is 0.979. The number of hydrogen-bond acceptors (Lipinski definition) is 7. The van der Waals surface area contributed by atoms with Crippen molar-refractivity contribution in [3.8, 4) is 23.0 Å². The first kappa shape index (κ1) is 45.8. The Morgan fingerprint density at radius 1 is 0.359 bits per heavy atom. The lowest BCUT2D eigenvalue weighted by molar-refractivity contribution is 0.466. The first-order valence-corrected chi connectivity index (χ1v) is 27.7. The number of ether oxygens (including phenoxy) is 2. The number of rotatable bonds is 10. The Morgan fingerprint density at radius 2 is 0.808 bits per heavy atom. The molecule has 11 aromatic rings. The van der Waals surface area contributed by atoms with Gasteiger partial charge in [0.25, 0.3) is 6.71 Å². The van der Waals surface area contributed by atoms with Gasteiger partial charge in [0.1, 0.15) is 23.0 Å². The lowest BCUT2D eigenvalue weighted by Gasteiger charge is -2.42. The summed E-state index contributed by atoms with van der Waals surface area (Å²) in [4.78, 5) is 10.7. The highest BCUT2D eigenvalue weighted by molar-refractivity contribution is 7.98. The third kappa shape index (κ3) is 7.53. The highest BCUT2D eigenvalue weighted by Crippen LogP contribution is 2.50. The van der Waals surface area contributed by atoms with Gasteiger partial charge in [0.05, 0.1) is 11.4 Å². The molecule has 368 valence electrons. The fourth-order valence-electron chi connectivity index (χ4n) is 12.3. The molecule has 0 aliphatic carbocycles. The highest BCUT2D eigenvalue weighted by atomic mass is 32.2. The summed E-state index contributed by atoms with van der Waals surface area (Å²) in [6, 6.07) is 95.5. The van der Waals surface area contributed by atoms with E-state index in [2.05, 4.69) is 299 Å². The van der Waals surface area contributed by atoms with Crippen LogP contribution in [0.1, 0.15) is 5.56 Å². The molecular weight excluding hydrogens is 970 g/mol. The summed E-state index contributed by atoms with van der Waals surface area (Å²) in [6.07, 6.45) is 2.17. The van der Waals surface area contributed by atoms with Gasteiger partial charge in [-0.25, -0.2) is 0 Å². The normalized spacial score (nSPS) is 13.2. The molecule has 4 aliphatic heterocycles. The largest absolute Gasteiger partial charge is 0.458 e. The number of hydrogen-bond donors (Lipinski definition) is 0. The van der Waals surface area contributed by atoms with Crippen molar-refractivity contribution < 1.29 is 9.47 Å². The molecule has 0 atom stereocenters. The van der Waals surface area contributed by atoms with Gasteiger partial charge in [-0.05, 0) is 131 Å². The van der Waals surface area contributed by atoms with Crippen molar-refractivity contribution in [3.63, 3.8) is 0 Å². The molecular formula is C69H48B2N4O2S. The Labute approximate surface area is 459 Å². The van der Waals surface area contributed by atoms with E-state index in [1.807, 2.05) is 0 Å². The molecule has 0 spiro atoms. The van der Waals surface area contributed by atoms with Crippen molar-refractivity contribution >= 4 is 121 Å². The monoisotopic (exact) mass is 1020 g/mol. The van der Waals surface area contributed by atoms with E-state index in [0.29, 0.717) is 0 Å². The first-order valence-electron chi connectivity index (χ1n) is 26.5. The molecule has 0 bridgehead atoms. The molecule has 0 N–H and O–H groups in total. The van der Waals surface area contributed by atoms with E-state index < -0.39 is 0 Å². The van der Waals surface area contributed by atoms with Gasteiger partial charge in [-0.2, -0.15) is 0 Å². The minimum atomic E-state index is -0.182. The fraction of sp³-hybridized carbons (Fsp3) is 0.0145. The zero-order valence-corrected chi connectivity index (χ0v) is 43.5. The van der Waals surface area contributed by atoms with Crippen LogP contribution in [-0.2, 0) is 0 Å². The Hall–Kier alpha value is -9.56. The number of nitrogens with zero attached hydrogens (tertiary/aromatic N) is 4. The average molecular weight is 1020 g/mol. The van der Waals surface area contributed by atoms with Crippen molar-refractivity contribution in [2.45, 2.75) is 4.90 Å². The number of para-hydroxylation sites is 7. The van der Waals surface area contributed by atoms with Crippen molar-refractivity contribution in [3.05, 3.63) is 278 Å². The summed E-state index contributed by atoms with van der Waals surface area (Å²) in [7, 11) is 0. The summed E-state index contributed by atoms with van der Waals surface area (Å²) < 4.78 is 14.9. The summed E-state index contributed by atoms with van der Waals surface area (Å²) >= 11 is 1.77. The van der Waals surface area contributed by atoms with Crippen molar-refractivity contribution in [1.82, 2.24) is 0 Å². The molecule has 4 aliphatic rings. The van der Waals surface area contributed by atoms with Crippen LogP contribution in [0.15, 0.2) is 278 Å². The van der Waals surface area contributed by atoms with Gasteiger partial charge < -0.3 is 29.1 Å². The summed E-state index contributed by atoms with van der Waals surface area (Å²) in [6.45, 7) is -0.340. The Bertz CT molecular complexity index is 4040. The third-order valence-corrected chi connectivity index (χ3v) is 16.4. The van der Waals surface area contributed by atoms with Crippen LogP contribution in [0, 0.1) is 0 Å². The standard InChI is InChI=1S/C69H48B2N4O2S/c1-78-67-39-23-20-36-55(67)62-46-70-57-44-58-64(45-63(57)76-65-42-53(40-60(68(65)70)75(62)52-34-18-7-19-35-52)72(47-24-8-2-9-25-47)48-26-10-3-11-27-48)77-66-43-54(73(49-28-12-4-13-29-49)50-30-14-5-15-31-50)41-61-69(66)71(58)56-37-21-22-38-59(56)74(61)51-32-16-6-17-33-51/h2-46H,1H3. The fourth-order valence-corrected chi connectivity index (χ4v) is 12.9. The van der Waals surface area contributed by atoms with Crippen molar-refractivity contribution in [2.24, 2.45) is 0 Å². The maximum absolute atomic E-state index is 7.46. The molecule has 0 saturated heterocycles. The zero-order valence-electron chi connectivity index (χ0n) is 42.6. The van der Waals surface area contributed by atoms with E-state index in [-0.39, 0.29) is 13.4 Å². The number of benzene rings is 11. The molecule has 0 radical (unpaired) electrons. The van der Waals surface area contributed by atoms with Crippen LogP contribution in [-0.4, -0.2) is 19.7 Å². The summed E-state index contributed by atoms with van der Waals surface area (Å²) in [5, 5.41) is 0. The SMILES string of the molecule is CSc1ccccc1C1=CB2c3cc4c(cc3Oc3cc(N(c5ccccc5)c5ccccc5)cc(c32)N1c1ccccc1)Oc1cc(N(c2ccccc2)c2ccccc2)cc2c1B4c1ccccc1N2c1ccccc1. The maximum atomic E-state index is 7.46. The quantitative estimate of drug-likeness (QED) is 0.0997. The average Bonchev–Trinajstić information content (AvgIpc) is 3.38. The second kappa shape index (κ2) is 18.9. The summed E-state index contributed by atoms with van der Waals surface area (Å²) in [5.41, 5.74) is 19.5. The second-order valence-electron chi connectivity index (χ2n) is 20.0. The van der Waals surface area contributed by atoms with Gasteiger partial charge in [-0.3, -0.25) is 0 Å². The molecule has 11 aromatic carbocycles. The Morgan fingerprint density at radius 3 is 1.36 bits per heavy atom. The lowest BCUT2D eigenvalue weighted by atomic mass is 9.32. The number of thioether (sulfide) groups is 1. The summed E-state index contributed by atoms with van der Waals surface area (Å²) in [5.74, 6) is 5.64. The number of fused-ring (bicyclic) bond motifs is 6. The molecule has 15 rings (SSSR count). The van der Waals surface area contributed by atoms with E-state index in [1.165, 1.54) is 15.9 Å². The Kier molecular flexibility index (Phi) is 11.1. The molecule has 9 heteroatoms. The topological polar surface area (TPSA) is 31.4 Å². The van der Waals surface area contributed by atoms with Crippen LogP contribution < -0.4 is 56.4 Å². The molecule has 78 heavy (non-hydrogen) atoms. The minimum Gasteiger partial charge on any atom is -0.458 e. The van der Waals surface area contributed by atoms with Gasteiger partial charge in [0.2, 0.25) is 6.71 Å². The van der Waals surface area contributed by atoms with Crippen LogP contribution in [0.25, 0.3) is 5.70 Å². The van der Waals surface area contributed by atoms with Gasteiger partial charge in [0.15, 0.2) is 0 Å². The van der Waals surface area contributed by atoms with Crippen LogP contribution in [0.4, 0.5) is 62.6 Å². The van der Waals surface area contributed by atoms with Gasteiger partial charge in [0, 0.05) is 85.5 Å². The smallest absolute Gasteiger partial charge is 0.256 e. The van der Waals surface area contributed by atoms with E-state index in [0.717, 1.165) is 113 Å². The molecule has 0 amide bonds. The predicted molar refractivity (Wildman–Crippen MR) is 328 cm³/mol. The van der Waals surface area contributed by atoms with Gasteiger partial charge in [-0.15, -0.1) is 11.8 Å². The lowest BCUT2D eigenvalue weighted by Crippen LogP contribution is -2.61. The third-order valence-electron chi connectivity index (χ3n) is 15.6. The van der Waals surface area contributed by atoms with Crippen LogP contribution in [0.5, 0.6) is 23.0 Å². The molecule has 0 aromatic heterocycles. The van der Waals surface area contributed by atoms with Gasteiger partial charge in [-0.1, -0.05) is 158 Å². The van der Waals surface area contributed by atoms with Crippen molar-refractivity contribution in [2.75, 3.05) is 25.9 Å². The van der Waals surface area contributed by atoms with Crippen LogP contribution in [0.2, 0.25) is 0 Å². The second-order valence-corrected chi connectivity index (χ2v) is 20.8. The predicted octanol–water partition coefficient (Wildman–Crippen LogP) is 15.2. The van der Waals surface area contributed by atoms with Crippen LogP contribution in [0.3, 0.4) is 0 Å². The van der Waals surface area contributed by atoms with E-state index >= 15 is 0 Å². The zero-order chi connectivity index (χ0) is 51.7. The van der Waals surface area contributed by atoms with E-state index in [9.17, 15) is 0 Å². The number of anilines is 11. The van der Waals surface area contributed by atoms with Crippen LogP contribution >= 0.6 is 11.8 Å². The highest BCUT2D eigenvalue weighted by Gasteiger charge is 2.46. The molecule has 4 heterocycles. The minimum absolute atomic E-state index is 0.158. The van der Waals surface area contributed by atoms with E-state index in [4.69, 9.17) is 9.47 Å². The molecule has 0 fully saturated rings.